The highest BCUT2D eigenvalue weighted by Crippen LogP contribution is 2.30. The maximum atomic E-state index is 5.15. The summed E-state index contributed by atoms with van der Waals surface area (Å²) in [6, 6.07) is 14.7. The van der Waals surface area contributed by atoms with Crippen LogP contribution in [0, 0.1) is 5.92 Å². The van der Waals surface area contributed by atoms with Gasteiger partial charge >= 0.3 is 0 Å². The monoisotopic (exact) mass is 211 g/mol. The van der Waals surface area contributed by atoms with Gasteiger partial charge in [-0.05, 0) is 11.1 Å². The van der Waals surface area contributed by atoms with Crippen LogP contribution < -0.4 is 0 Å². The van der Waals surface area contributed by atoms with Crippen LogP contribution in [0.5, 0.6) is 0 Å². The van der Waals surface area contributed by atoms with Crippen LogP contribution in [-0.2, 0) is 4.84 Å². The van der Waals surface area contributed by atoms with E-state index in [-0.39, 0.29) is 0 Å². The summed E-state index contributed by atoms with van der Waals surface area (Å²) in [6.07, 6.45) is 0. The van der Waals surface area contributed by atoms with Crippen LogP contribution in [0.3, 0.4) is 0 Å². The molecule has 16 heavy (non-hydrogen) atoms. The lowest BCUT2D eigenvalue weighted by atomic mass is 9.98. The highest BCUT2D eigenvalue weighted by atomic mass is 16.6. The fourth-order valence-electron chi connectivity index (χ4n) is 2.14. The second kappa shape index (κ2) is 3.63. The average molecular weight is 211 g/mol. The Morgan fingerprint density at radius 2 is 1.94 bits per heavy atom. The van der Waals surface area contributed by atoms with Gasteiger partial charge in [-0.15, -0.1) is 0 Å². The second-order valence-corrected chi connectivity index (χ2v) is 4.20. The molecule has 2 heteroatoms. The fourth-order valence-corrected chi connectivity index (χ4v) is 2.14. The third-order valence-electron chi connectivity index (χ3n) is 3.02. The van der Waals surface area contributed by atoms with Gasteiger partial charge in [-0.2, -0.15) is 0 Å². The van der Waals surface area contributed by atoms with E-state index in [0.717, 1.165) is 5.71 Å². The molecule has 1 unspecified atom stereocenters. The first-order valence-corrected chi connectivity index (χ1v) is 5.54. The van der Waals surface area contributed by atoms with Gasteiger partial charge in [0.25, 0.3) is 0 Å². The van der Waals surface area contributed by atoms with E-state index in [1.807, 2.05) is 6.07 Å². The van der Waals surface area contributed by atoms with Crippen molar-refractivity contribution in [1.82, 2.24) is 0 Å². The van der Waals surface area contributed by atoms with Gasteiger partial charge < -0.3 is 4.84 Å². The molecule has 80 valence electrons. The molecule has 0 amide bonds. The van der Waals surface area contributed by atoms with E-state index in [2.05, 4.69) is 48.5 Å². The van der Waals surface area contributed by atoms with E-state index < -0.39 is 0 Å². The lowest BCUT2D eigenvalue weighted by Crippen LogP contribution is -2.09. The summed E-state index contributed by atoms with van der Waals surface area (Å²) in [5.41, 5.74) is 4.78. The van der Waals surface area contributed by atoms with E-state index in [1.54, 1.807) is 0 Å². The number of rotatable bonds is 1. The van der Waals surface area contributed by atoms with Crippen LogP contribution in [0.2, 0.25) is 0 Å². The topological polar surface area (TPSA) is 21.6 Å². The Hall–Kier alpha value is -1.83. The van der Waals surface area contributed by atoms with Crippen molar-refractivity contribution >= 4 is 5.71 Å². The van der Waals surface area contributed by atoms with Gasteiger partial charge in [-0.25, -0.2) is 0 Å². The molecule has 1 aliphatic heterocycles. The maximum Gasteiger partial charge on any atom is 0.125 e. The summed E-state index contributed by atoms with van der Waals surface area (Å²) < 4.78 is 0. The minimum Gasteiger partial charge on any atom is -0.395 e. The third kappa shape index (κ3) is 1.38. The highest BCUT2D eigenvalue weighted by Gasteiger charge is 2.23. The summed E-state index contributed by atoms with van der Waals surface area (Å²) in [7, 11) is 0. The van der Waals surface area contributed by atoms with Crippen LogP contribution in [0.1, 0.15) is 12.5 Å². The quantitative estimate of drug-likeness (QED) is 0.710. The Morgan fingerprint density at radius 1 is 1.06 bits per heavy atom. The molecule has 3 aliphatic rings. The number of hydrogen-bond donors (Lipinski definition) is 0. The standard InChI is InChI=1S/C14H13NO/c1-10-9-16-15-14(10)13-8-7-11-5-3-2-4-6-12(11)13/h2-8,10H,9H2,1H3. The zero-order valence-corrected chi connectivity index (χ0v) is 9.18. The second-order valence-electron chi connectivity index (χ2n) is 4.20. The Morgan fingerprint density at radius 3 is 2.75 bits per heavy atom. The molecule has 0 aromatic carbocycles. The molecular formula is C14H13NO. The van der Waals surface area contributed by atoms with Crippen molar-refractivity contribution in [3.8, 4) is 11.1 Å². The van der Waals surface area contributed by atoms with Gasteiger partial charge in [-0.1, -0.05) is 54.5 Å². The van der Waals surface area contributed by atoms with Gasteiger partial charge in [0.05, 0.1) is 5.71 Å². The smallest absolute Gasteiger partial charge is 0.125 e. The van der Waals surface area contributed by atoms with E-state index in [1.165, 1.54) is 16.7 Å². The molecule has 0 aromatic heterocycles. The van der Waals surface area contributed by atoms with Crippen molar-refractivity contribution in [2.45, 2.75) is 6.92 Å². The van der Waals surface area contributed by atoms with Crippen LogP contribution in [0.25, 0.3) is 11.1 Å². The molecule has 2 aliphatic carbocycles. The first-order chi connectivity index (χ1) is 7.86. The lowest BCUT2D eigenvalue weighted by molar-refractivity contribution is 0.158. The zero-order chi connectivity index (χ0) is 11.0. The van der Waals surface area contributed by atoms with Crippen molar-refractivity contribution in [2.24, 2.45) is 11.1 Å². The fraction of sp³-hybridized carbons (Fsp3) is 0.214. The lowest BCUT2D eigenvalue weighted by Gasteiger charge is -2.04. The molecule has 0 fully saturated rings. The van der Waals surface area contributed by atoms with Crippen molar-refractivity contribution in [2.75, 3.05) is 6.61 Å². The number of hydrogen-bond acceptors (Lipinski definition) is 2. The first kappa shape index (κ1) is 9.40. The SMILES string of the molecule is CC1CON=C1c1ccc2cccccc1-2. The van der Waals surface area contributed by atoms with Gasteiger partial charge in [0.15, 0.2) is 0 Å². The summed E-state index contributed by atoms with van der Waals surface area (Å²) in [6.45, 7) is 2.84. The van der Waals surface area contributed by atoms with Crippen LogP contribution >= 0.6 is 0 Å². The van der Waals surface area contributed by atoms with Gasteiger partial charge in [0.1, 0.15) is 6.61 Å². The minimum atomic E-state index is 0.385. The van der Waals surface area contributed by atoms with Gasteiger partial charge in [0, 0.05) is 11.5 Å². The molecule has 0 aromatic rings. The van der Waals surface area contributed by atoms with E-state index in [9.17, 15) is 0 Å². The van der Waals surface area contributed by atoms with Crippen molar-refractivity contribution in [1.29, 1.82) is 0 Å². The Balaban J connectivity index is 2.14. The molecule has 3 rings (SSSR count). The molecule has 0 bridgehead atoms. The van der Waals surface area contributed by atoms with Crippen molar-refractivity contribution in [3.63, 3.8) is 0 Å². The predicted molar refractivity (Wildman–Crippen MR) is 64.7 cm³/mol. The van der Waals surface area contributed by atoms with Crippen molar-refractivity contribution < 1.29 is 4.84 Å². The van der Waals surface area contributed by atoms with E-state index in [0.29, 0.717) is 12.5 Å². The van der Waals surface area contributed by atoms with Crippen LogP contribution in [0.15, 0.2) is 47.6 Å². The largest absolute Gasteiger partial charge is 0.395 e. The third-order valence-corrected chi connectivity index (χ3v) is 3.02. The van der Waals surface area contributed by atoms with E-state index >= 15 is 0 Å². The Kier molecular flexibility index (Phi) is 2.13. The van der Waals surface area contributed by atoms with Gasteiger partial charge in [0.2, 0.25) is 0 Å². The average Bonchev–Trinajstić information content (AvgIpc) is 2.78. The molecule has 0 N–H and O–H groups in total. The van der Waals surface area contributed by atoms with E-state index in [4.69, 9.17) is 4.84 Å². The molecule has 0 saturated carbocycles. The minimum absolute atomic E-state index is 0.385. The van der Waals surface area contributed by atoms with Crippen molar-refractivity contribution in [3.05, 3.63) is 48.0 Å². The molecule has 0 saturated heterocycles. The van der Waals surface area contributed by atoms with Crippen LogP contribution in [-0.4, -0.2) is 12.3 Å². The maximum absolute atomic E-state index is 5.15. The van der Waals surface area contributed by atoms with Gasteiger partial charge in [-0.3, -0.25) is 0 Å². The molecule has 1 heterocycles. The zero-order valence-electron chi connectivity index (χ0n) is 9.18. The number of nitrogens with zero attached hydrogens (tertiary/aromatic N) is 1. The molecule has 2 nitrogen and oxygen atoms in total. The molecular weight excluding hydrogens is 198 g/mol. The summed E-state index contributed by atoms with van der Waals surface area (Å²) in [4.78, 5) is 5.15. The Labute approximate surface area is 94.9 Å². The molecule has 1 atom stereocenters. The summed E-state index contributed by atoms with van der Waals surface area (Å²) >= 11 is 0. The molecule has 0 spiro atoms. The highest BCUT2D eigenvalue weighted by molar-refractivity contribution is 6.08. The number of oxime groups is 1. The Bertz CT molecular complexity index is 518. The normalized spacial score (nSPS) is 19.6. The van der Waals surface area contributed by atoms with Crippen LogP contribution in [0.4, 0.5) is 0 Å². The first-order valence-electron chi connectivity index (χ1n) is 5.54. The molecule has 0 radical (unpaired) electrons. The summed E-state index contributed by atoms with van der Waals surface area (Å²) in [5.74, 6) is 0.385. The number of fused-ring (bicyclic) bond motifs is 1. The predicted octanol–water partition coefficient (Wildman–Crippen LogP) is 3.16. The summed E-state index contributed by atoms with van der Waals surface area (Å²) in [5, 5.41) is 4.15.